The van der Waals surface area contributed by atoms with Crippen molar-refractivity contribution in [1.29, 1.82) is 0 Å². The van der Waals surface area contributed by atoms with Crippen molar-refractivity contribution in [3.05, 3.63) is 71.9 Å². The molecule has 0 radical (unpaired) electrons. The Hall–Kier alpha value is -2.92. The number of piperazine rings is 1. The highest BCUT2D eigenvalue weighted by Crippen LogP contribution is 2.28. The number of aryl methyl sites for hydroxylation is 1. The minimum atomic E-state index is 0.0659. The van der Waals surface area contributed by atoms with Crippen molar-refractivity contribution in [2.24, 2.45) is 0 Å². The molecule has 144 valence electrons. The number of aromatic nitrogens is 2. The first-order chi connectivity index (χ1) is 13.7. The second-order valence-electron chi connectivity index (χ2n) is 7.21. The van der Waals surface area contributed by atoms with Crippen LogP contribution in [0.4, 0.5) is 0 Å². The zero-order valence-corrected chi connectivity index (χ0v) is 16.5. The first kappa shape index (κ1) is 18.4. The predicted molar refractivity (Wildman–Crippen MR) is 112 cm³/mol. The Morgan fingerprint density at radius 2 is 1.64 bits per heavy atom. The van der Waals surface area contributed by atoms with Crippen molar-refractivity contribution in [2.45, 2.75) is 13.8 Å². The van der Waals surface area contributed by atoms with Gasteiger partial charge in [-0.25, -0.2) is 4.68 Å². The van der Waals surface area contributed by atoms with E-state index < -0.39 is 0 Å². The van der Waals surface area contributed by atoms with E-state index in [9.17, 15) is 4.79 Å². The first-order valence-corrected chi connectivity index (χ1v) is 9.90. The SMILES string of the molecule is CCN1CCN(C(=O)c2cn(-c3ccccc3)nc2-c2ccccc2C)CC1. The van der Waals surface area contributed by atoms with E-state index in [1.165, 1.54) is 0 Å². The van der Waals surface area contributed by atoms with Crippen molar-refractivity contribution in [1.82, 2.24) is 19.6 Å². The largest absolute Gasteiger partial charge is 0.336 e. The number of nitrogens with zero attached hydrogens (tertiary/aromatic N) is 4. The lowest BCUT2D eigenvalue weighted by Gasteiger charge is -2.34. The maximum atomic E-state index is 13.4. The number of amides is 1. The molecule has 2 heterocycles. The predicted octanol–water partition coefficient (Wildman–Crippen LogP) is 3.63. The van der Waals surface area contributed by atoms with Crippen LogP contribution in [0.1, 0.15) is 22.8 Å². The van der Waals surface area contributed by atoms with Gasteiger partial charge in [-0.1, -0.05) is 49.4 Å². The average molecular weight is 374 g/mol. The van der Waals surface area contributed by atoms with Gasteiger partial charge in [0.15, 0.2) is 0 Å². The molecule has 5 nitrogen and oxygen atoms in total. The summed E-state index contributed by atoms with van der Waals surface area (Å²) in [6.07, 6.45) is 1.88. The van der Waals surface area contributed by atoms with Crippen molar-refractivity contribution in [3.8, 4) is 16.9 Å². The monoisotopic (exact) mass is 374 g/mol. The van der Waals surface area contributed by atoms with Crippen LogP contribution in [0.25, 0.3) is 16.9 Å². The fourth-order valence-electron chi connectivity index (χ4n) is 3.72. The van der Waals surface area contributed by atoms with Gasteiger partial charge in [0.05, 0.1) is 11.3 Å². The summed E-state index contributed by atoms with van der Waals surface area (Å²) in [5.41, 5.74) is 4.50. The molecular weight excluding hydrogens is 348 g/mol. The van der Waals surface area contributed by atoms with Crippen LogP contribution in [-0.4, -0.2) is 58.2 Å². The Labute approximate surface area is 166 Å². The summed E-state index contributed by atoms with van der Waals surface area (Å²) in [5, 5.41) is 4.82. The van der Waals surface area contributed by atoms with Crippen LogP contribution in [0.15, 0.2) is 60.8 Å². The molecule has 1 aromatic heterocycles. The first-order valence-electron chi connectivity index (χ1n) is 9.90. The summed E-state index contributed by atoms with van der Waals surface area (Å²) in [4.78, 5) is 17.7. The Balaban J connectivity index is 1.74. The quantitative estimate of drug-likeness (QED) is 0.700. The molecule has 0 bridgehead atoms. The van der Waals surface area contributed by atoms with E-state index in [-0.39, 0.29) is 5.91 Å². The standard InChI is InChI=1S/C23H26N4O/c1-3-25-13-15-26(16-14-25)23(28)21-17-27(19-10-5-4-6-11-19)24-22(21)20-12-8-7-9-18(20)2/h4-12,17H,3,13-16H2,1-2H3. The molecule has 2 aromatic carbocycles. The second kappa shape index (κ2) is 7.98. The zero-order chi connectivity index (χ0) is 19.5. The normalized spacial score (nSPS) is 15.0. The van der Waals surface area contributed by atoms with Crippen LogP contribution in [0.5, 0.6) is 0 Å². The van der Waals surface area contributed by atoms with E-state index in [4.69, 9.17) is 5.10 Å². The van der Waals surface area contributed by atoms with E-state index in [1.54, 1.807) is 0 Å². The maximum absolute atomic E-state index is 13.4. The highest BCUT2D eigenvalue weighted by atomic mass is 16.2. The van der Waals surface area contributed by atoms with E-state index in [1.807, 2.05) is 64.3 Å². The highest BCUT2D eigenvalue weighted by Gasteiger charge is 2.26. The molecule has 4 rings (SSSR count). The third-order valence-electron chi connectivity index (χ3n) is 5.47. The summed E-state index contributed by atoms with van der Waals surface area (Å²) in [7, 11) is 0. The van der Waals surface area contributed by atoms with Crippen molar-refractivity contribution in [3.63, 3.8) is 0 Å². The zero-order valence-electron chi connectivity index (χ0n) is 16.5. The lowest BCUT2D eigenvalue weighted by atomic mass is 10.0. The number of hydrogen-bond acceptors (Lipinski definition) is 3. The lowest BCUT2D eigenvalue weighted by Crippen LogP contribution is -2.48. The van der Waals surface area contributed by atoms with Gasteiger partial charge in [-0.15, -0.1) is 0 Å². The van der Waals surface area contributed by atoms with Gasteiger partial charge in [0.1, 0.15) is 5.69 Å². The maximum Gasteiger partial charge on any atom is 0.257 e. The van der Waals surface area contributed by atoms with Crippen molar-refractivity contribution < 1.29 is 4.79 Å². The third kappa shape index (κ3) is 3.58. The average Bonchev–Trinajstić information content (AvgIpc) is 3.19. The summed E-state index contributed by atoms with van der Waals surface area (Å²) >= 11 is 0. The van der Waals surface area contributed by atoms with Crippen LogP contribution >= 0.6 is 0 Å². The van der Waals surface area contributed by atoms with Gasteiger partial charge in [-0.2, -0.15) is 5.10 Å². The molecule has 1 fully saturated rings. The summed E-state index contributed by atoms with van der Waals surface area (Å²) in [6, 6.07) is 18.1. The molecule has 0 N–H and O–H groups in total. The number of likely N-dealkylation sites (N-methyl/N-ethyl adjacent to an activating group) is 1. The van der Waals surface area contributed by atoms with E-state index >= 15 is 0 Å². The second-order valence-corrected chi connectivity index (χ2v) is 7.21. The molecule has 1 aliphatic rings. The number of benzene rings is 2. The number of carbonyl (C=O) groups is 1. The number of rotatable bonds is 4. The molecule has 0 unspecified atom stereocenters. The smallest absolute Gasteiger partial charge is 0.257 e. The van der Waals surface area contributed by atoms with Gasteiger partial charge in [-0.05, 0) is 31.2 Å². The van der Waals surface area contributed by atoms with Crippen molar-refractivity contribution >= 4 is 5.91 Å². The molecule has 0 atom stereocenters. The van der Waals surface area contributed by atoms with Gasteiger partial charge in [-0.3, -0.25) is 4.79 Å². The molecular formula is C23H26N4O. The number of para-hydroxylation sites is 1. The van der Waals surface area contributed by atoms with Crippen LogP contribution in [-0.2, 0) is 0 Å². The van der Waals surface area contributed by atoms with Crippen LogP contribution in [0, 0.1) is 6.92 Å². The molecule has 1 saturated heterocycles. The molecule has 3 aromatic rings. The lowest BCUT2D eigenvalue weighted by molar-refractivity contribution is 0.0644. The van der Waals surface area contributed by atoms with Crippen LogP contribution in [0.3, 0.4) is 0 Å². The van der Waals surface area contributed by atoms with Crippen LogP contribution < -0.4 is 0 Å². The van der Waals surface area contributed by atoms with Gasteiger partial charge in [0.25, 0.3) is 5.91 Å². The van der Waals surface area contributed by atoms with Crippen molar-refractivity contribution in [2.75, 3.05) is 32.7 Å². The topological polar surface area (TPSA) is 41.4 Å². The fourth-order valence-corrected chi connectivity index (χ4v) is 3.72. The Bertz CT molecular complexity index is 956. The van der Waals surface area contributed by atoms with Crippen LogP contribution in [0.2, 0.25) is 0 Å². The van der Waals surface area contributed by atoms with E-state index in [2.05, 4.69) is 24.8 Å². The summed E-state index contributed by atoms with van der Waals surface area (Å²) in [6.45, 7) is 8.63. The summed E-state index contributed by atoms with van der Waals surface area (Å²) in [5.74, 6) is 0.0659. The van der Waals surface area contributed by atoms with Gasteiger partial charge < -0.3 is 9.80 Å². The number of carbonyl (C=O) groups excluding carboxylic acids is 1. The Morgan fingerprint density at radius 3 is 2.32 bits per heavy atom. The minimum Gasteiger partial charge on any atom is -0.336 e. The van der Waals surface area contributed by atoms with Gasteiger partial charge >= 0.3 is 0 Å². The highest BCUT2D eigenvalue weighted by molar-refractivity contribution is 6.00. The van der Waals surface area contributed by atoms with E-state index in [0.29, 0.717) is 5.56 Å². The molecule has 0 aliphatic carbocycles. The molecule has 0 saturated carbocycles. The molecule has 5 heteroatoms. The third-order valence-corrected chi connectivity index (χ3v) is 5.47. The Kier molecular flexibility index (Phi) is 5.26. The minimum absolute atomic E-state index is 0.0659. The Morgan fingerprint density at radius 1 is 0.964 bits per heavy atom. The molecule has 0 spiro atoms. The molecule has 1 aliphatic heterocycles. The number of hydrogen-bond donors (Lipinski definition) is 0. The molecule has 1 amide bonds. The van der Waals surface area contributed by atoms with Gasteiger partial charge in [0, 0.05) is 37.9 Å². The summed E-state index contributed by atoms with van der Waals surface area (Å²) < 4.78 is 1.82. The fraction of sp³-hybridized carbons (Fsp3) is 0.304. The molecule has 28 heavy (non-hydrogen) atoms. The van der Waals surface area contributed by atoms with Gasteiger partial charge in [0.2, 0.25) is 0 Å². The van der Waals surface area contributed by atoms with E-state index in [0.717, 1.165) is 55.2 Å².